The van der Waals surface area contributed by atoms with Crippen LogP contribution in [0.4, 0.5) is 4.79 Å². The number of nitrogens with one attached hydrogen (secondary N) is 1. The molecule has 0 unspecified atom stereocenters. The summed E-state index contributed by atoms with van der Waals surface area (Å²) in [5.41, 5.74) is 0.613. The number of carbonyl (C=O) groups excluding carboxylic acids is 1. The van der Waals surface area contributed by atoms with Crippen LogP contribution in [0.15, 0.2) is 30.6 Å². The molecule has 0 saturated heterocycles. The van der Waals surface area contributed by atoms with Gasteiger partial charge in [-0.25, -0.2) is 14.5 Å². The van der Waals surface area contributed by atoms with Gasteiger partial charge in [-0.1, -0.05) is 12.7 Å². The lowest BCUT2D eigenvalue weighted by atomic mass is 10.5. The maximum Gasteiger partial charge on any atom is 0.425 e. The molecule has 10 heteroatoms. The summed E-state index contributed by atoms with van der Waals surface area (Å²) in [6, 6.07) is 0. The third-order valence-corrected chi connectivity index (χ3v) is 4.92. The minimum absolute atomic E-state index is 0.0707. The van der Waals surface area contributed by atoms with E-state index in [0.717, 1.165) is 4.83 Å². The standard InChI is InChI=1S/C11H14N4O4S2/c1-3-4-19-11(16)15(21(17,18)12-2)6-9-7-20-10-5-13-8-14(9)10/h3,5,7-8,12H,1,4,6H2,2H3. The predicted octanol–water partition coefficient (Wildman–Crippen LogP) is 0.985. The number of hydrogen-bond donors (Lipinski definition) is 1. The summed E-state index contributed by atoms with van der Waals surface area (Å²) in [4.78, 5) is 16.7. The zero-order chi connectivity index (χ0) is 15.5. The lowest BCUT2D eigenvalue weighted by Gasteiger charge is -2.20. The third kappa shape index (κ3) is 3.23. The van der Waals surface area contributed by atoms with Crippen LogP contribution in [0.1, 0.15) is 5.69 Å². The summed E-state index contributed by atoms with van der Waals surface area (Å²) < 4.78 is 33.2. The van der Waals surface area contributed by atoms with Gasteiger partial charge in [0.2, 0.25) is 0 Å². The average molecular weight is 330 g/mol. The van der Waals surface area contributed by atoms with Crippen molar-refractivity contribution in [2.75, 3.05) is 13.7 Å². The molecule has 0 aliphatic heterocycles. The highest BCUT2D eigenvalue weighted by atomic mass is 32.2. The van der Waals surface area contributed by atoms with Crippen LogP contribution in [-0.2, 0) is 21.5 Å². The number of imidazole rings is 1. The number of hydrogen-bond acceptors (Lipinski definition) is 6. The number of aromatic nitrogens is 2. The Morgan fingerprint density at radius 1 is 1.67 bits per heavy atom. The zero-order valence-electron chi connectivity index (χ0n) is 11.2. The molecule has 0 spiro atoms. The molecule has 114 valence electrons. The largest absolute Gasteiger partial charge is 0.444 e. The molecule has 0 atom stereocenters. The first kappa shape index (κ1) is 15.5. The number of rotatable bonds is 6. The van der Waals surface area contributed by atoms with E-state index < -0.39 is 16.3 Å². The molecule has 8 nitrogen and oxygen atoms in total. The van der Waals surface area contributed by atoms with Gasteiger partial charge in [-0.05, 0) is 0 Å². The SMILES string of the molecule is C=CCOC(=O)N(Cc1csc2cncn12)S(=O)(=O)NC. The Labute approximate surface area is 125 Å². The normalized spacial score (nSPS) is 11.5. The molecule has 0 saturated carbocycles. The van der Waals surface area contributed by atoms with Gasteiger partial charge in [0, 0.05) is 12.4 Å². The summed E-state index contributed by atoms with van der Waals surface area (Å²) >= 11 is 1.40. The highest BCUT2D eigenvalue weighted by molar-refractivity contribution is 7.87. The van der Waals surface area contributed by atoms with Crippen molar-refractivity contribution < 1.29 is 17.9 Å². The molecular weight excluding hydrogens is 316 g/mol. The van der Waals surface area contributed by atoms with Crippen molar-refractivity contribution in [3.8, 4) is 0 Å². The Bertz CT molecular complexity index is 749. The van der Waals surface area contributed by atoms with Gasteiger partial charge >= 0.3 is 16.3 Å². The summed E-state index contributed by atoms with van der Waals surface area (Å²) in [5, 5.41) is 1.76. The van der Waals surface area contributed by atoms with E-state index in [2.05, 4.69) is 16.3 Å². The fourth-order valence-corrected chi connectivity index (χ4v) is 3.21. The lowest BCUT2D eigenvalue weighted by Crippen LogP contribution is -2.43. The number of amides is 1. The number of ether oxygens (including phenoxy) is 1. The Hall–Kier alpha value is -1.91. The summed E-state index contributed by atoms with van der Waals surface area (Å²) in [7, 11) is -2.75. The maximum atomic E-state index is 12.0. The van der Waals surface area contributed by atoms with Gasteiger partial charge in [-0.15, -0.1) is 11.3 Å². The van der Waals surface area contributed by atoms with E-state index in [9.17, 15) is 13.2 Å². The second-order valence-electron chi connectivity index (χ2n) is 3.91. The highest BCUT2D eigenvalue weighted by Crippen LogP contribution is 2.18. The fraction of sp³-hybridized carbons (Fsp3) is 0.273. The van der Waals surface area contributed by atoms with Crippen LogP contribution >= 0.6 is 11.3 Å². The molecule has 0 aliphatic carbocycles. The van der Waals surface area contributed by atoms with E-state index in [1.54, 1.807) is 22.3 Å². The van der Waals surface area contributed by atoms with Crippen LogP contribution in [0.3, 0.4) is 0 Å². The molecular formula is C11H14N4O4S2. The molecule has 1 N–H and O–H groups in total. The first-order valence-corrected chi connectivity index (χ1v) is 8.19. The Balaban J connectivity index is 2.30. The van der Waals surface area contributed by atoms with E-state index in [1.807, 2.05) is 0 Å². The van der Waals surface area contributed by atoms with E-state index in [-0.39, 0.29) is 13.2 Å². The van der Waals surface area contributed by atoms with Crippen LogP contribution in [0.5, 0.6) is 0 Å². The Morgan fingerprint density at radius 2 is 2.43 bits per heavy atom. The molecule has 21 heavy (non-hydrogen) atoms. The van der Waals surface area contributed by atoms with Crippen molar-refractivity contribution in [2.24, 2.45) is 0 Å². The molecule has 0 fully saturated rings. The number of carbonyl (C=O) groups is 1. The molecule has 2 aromatic rings. The maximum absolute atomic E-state index is 12.0. The molecule has 0 aromatic carbocycles. The Morgan fingerprint density at radius 3 is 3.10 bits per heavy atom. The number of thiazole rings is 1. The minimum Gasteiger partial charge on any atom is -0.444 e. The monoisotopic (exact) mass is 330 g/mol. The Kier molecular flexibility index (Phi) is 4.60. The fourth-order valence-electron chi connectivity index (χ4n) is 1.59. The number of nitrogens with zero attached hydrogens (tertiary/aromatic N) is 3. The first-order valence-electron chi connectivity index (χ1n) is 5.87. The molecule has 0 radical (unpaired) electrons. The van der Waals surface area contributed by atoms with Gasteiger partial charge in [0.1, 0.15) is 17.8 Å². The van der Waals surface area contributed by atoms with Crippen molar-refractivity contribution in [1.82, 2.24) is 18.4 Å². The summed E-state index contributed by atoms with van der Waals surface area (Å²) in [5.74, 6) is 0. The topological polar surface area (TPSA) is 93.0 Å². The van der Waals surface area contributed by atoms with E-state index >= 15 is 0 Å². The van der Waals surface area contributed by atoms with Crippen LogP contribution < -0.4 is 4.72 Å². The molecule has 1 amide bonds. The lowest BCUT2D eigenvalue weighted by molar-refractivity contribution is 0.134. The summed E-state index contributed by atoms with van der Waals surface area (Å²) in [6.07, 6.45) is 3.60. The van der Waals surface area contributed by atoms with Gasteiger partial charge < -0.3 is 4.74 Å². The second kappa shape index (κ2) is 6.24. The van der Waals surface area contributed by atoms with Crippen LogP contribution in [-0.4, -0.2) is 41.9 Å². The molecule has 0 aliphatic rings. The van der Waals surface area contributed by atoms with Gasteiger partial charge in [0.05, 0.1) is 18.4 Å². The van der Waals surface area contributed by atoms with E-state index in [0.29, 0.717) is 10.00 Å². The molecule has 2 rings (SSSR count). The van der Waals surface area contributed by atoms with Crippen molar-refractivity contribution in [3.63, 3.8) is 0 Å². The third-order valence-electron chi connectivity index (χ3n) is 2.61. The van der Waals surface area contributed by atoms with Crippen LogP contribution in [0.25, 0.3) is 4.83 Å². The van der Waals surface area contributed by atoms with Gasteiger partial charge in [-0.3, -0.25) is 4.40 Å². The molecule has 0 bridgehead atoms. The van der Waals surface area contributed by atoms with E-state index in [1.165, 1.54) is 24.5 Å². The van der Waals surface area contributed by atoms with Gasteiger partial charge in [0.15, 0.2) is 0 Å². The van der Waals surface area contributed by atoms with E-state index in [4.69, 9.17) is 4.74 Å². The van der Waals surface area contributed by atoms with Crippen molar-refractivity contribution in [2.45, 2.75) is 6.54 Å². The summed E-state index contributed by atoms with van der Waals surface area (Å²) in [6.45, 7) is 3.18. The van der Waals surface area contributed by atoms with Crippen molar-refractivity contribution in [1.29, 1.82) is 0 Å². The van der Waals surface area contributed by atoms with Crippen LogP contribution in [0, 0.1) is 0 Å². The smallest absolute Gasteiger partial charge is 0.425 e. The second-order valence-corrected chi connectivity index (χ2v) is 6.60. The molecule has 2 heterocycles. The quantitative estimate of drug-likeness (QED) is 0.797. The minimum atomic E-state index is -3.97. The zero-order valence-corrected chi connectivity index (χ0v) is 12.9. The van der Waals surface area contributed by atoms with Gasteiger partial charge in [0.25, 0.3) is 0 Å². The molecule has 2 aromatic heterocycles. The van der Waals surface area contributed by atoms with Crippen molar-refractivity contribution >= 4 is 32.5 Å². The van der Waals surface area contributed by atoms with Gasteiger partial charge in [-0.2, -0.15) is 12.7 Å². The highest BCUT2D eigenvalue weighted by Gasteiger charge is 2.28. The average Bonchev–Trinajstić information content (AvgIpc) is 3.05. The first-order chi connectivity index (χ1) is 9.99. The van der Waals surface area contributed by atoms with Crippen molar-refractivity contribution in [3.05, 3.63) is 36.3 Å². The number of fused-ring (bicyclic) bond motifs is 1. The van der Waals surface area contributed by atoms with Crippen LogP contribution in [0.2, 0.25) is 0 Å². The predicted molar refractivity (Wildman–Crippen MR) is 78.1 cm³/mol.